The van der Waals surface area contributed by atoms with Crippen molar-refractivity contribution in [3.05, 3.63) is 83.0 Å². The average molecular weight is 376 g/mol. The van der Waals surface area contributed by atoms with Crippen molar-refractivity contribution in [3.8, 4) is 5.75 Å². The van der Waals surface area contributed by atoms with Crippen LogP contribution >= 0.6 is 0 Å². The third kappa shape index (κ3) is 5.54. The lowest BCUT2D eigenvalue weighted by molar-refractivity contribution is 0.0945. The number of methoxy groups -OCH3 is 1. The minimum atomic E-state index is -0.237. The summed E-state index contributed by atoms with van der Waals surface area (Å²) in [6.45, 7) is 3.21. The highest BCUT2D eigenvalue weighted by Gasteiger charge is 2.08. The van der Waals surface area contributed by atoms with E-state index in [-0.39, 0.29) is 5.91 Å². The van der Waals surface area contributed by atoms with Gasteiger partial charge in [0, 0.05) is 13.1 Å². The number of carbonyl (C=O) groups is 1. The van der Waals surface area contributed by atoms with Crippen LogP contribution in [0.15, 0.2) is 60.7 Å². The van der Waals surface area contributed by atoms with Crippen molar-refractivity contribution in [1.82, 2.24) is 15.5 Å². The number of carbonyl (C=O) groups excluding carboxylic acids is 1. The fourth-order valence-electron chi connectivity index (χ4n) is 2.77. The second kappa shape index (κ2) is 9.50. The van der Waals surface area contributed by atoms with Crippen LogP contribution in [0.2, 0.25) is 0 Å². The third-order valence-electron chi connectivity index (χ3n) is 4.31. The van der Waals surface area contributed by atoms with E-state index in [1.165, 1.54) is 5.56 Å². The number of hydrogen-bond acceptors (Lipinski definition) is 5. The molecule has 0 saturated carbocycles. The second-order valence-electron chi connectivity index (χ2n) is 6.50. The number of nitrogens with zero attached hydrogens (tertiary/aromatic N) is 2. The van der Waals surface area contributed by atoms with Crippen LogP contribution in [0.3, 0.4) is 0 Å². The normalized spacial score (nSPS) is 10.4. The van der Waals surface area contributed by atoms with Crippen LogP contribution < -0.4 is 15.4 Å². The van der Waals surface area contributed by atoms with E-state index in [1.54, 1.807) is 19.2 Å². The molecule has 2 aromatic carbocycles. The highest BCUT2D eigenvalue weighted by molar-refractivity contribution is 5.92. The molecule has 0 aliphatic carbocycles. The van der Waals surface area contributed by atoms with Gasteiger partial charge in [-0.3, -0.25) is 4.79 Å². The minimum absolute atomic E-state index is 0.237. The predicted molar refractivity (Wildman–Crippen MR) is 110 cm³/mol. The number of rotatable bonds is 8. The number of benzene rings is 2. The minimum Gasteiger partial charge on any atom is -0.497 e. The number of nitrogens with one attached hydrogen (secondary N) is 2. The second-order valence-corrected chi connectivity index (χ2v) is 6.50. The zero-order valence-electron chi connectivity index (χ0n) is 16.1. The molecule has 0 radical (unpaired) electrons. The zero-order chi connectivity index (χ0) is 19.8. The number of ether oxygens (including phenoxy) is 1. The van der Waals surface area contributed by atoms with E-state index in [1.807, 2.05) is 55.5 Å². The summed E-state index contributed by atoms with van der Waals surface area (Å²) < 4.78 is 5.15. The fourth-order valence-corrected chi connectivity index (χ4v) is 2.77. The van der Waals surface area contributed by atoms with Gasteiger partial charge in [0.15, 0.2) is 5.69 Å². The van der Waals surface area contributed by atoms with Crippen LogP contribution in [0.4, 0.5) is 5.82 Å². The third-order valence-corrected chi connectivity index (χ3v) is 4.31. The van der Waals surface area contributed by atoms with Crippen molar-refractivity contribution in [3.63, 3.8) is 0 Å². The van der Waals surface area contributed by atoms with Gasteiger partial charge in [-0.05, 0) is 48.7 Å². The van der Waals surface area contributed by atoms with Crippen molar-refractivity contribution in [2.24, 2.45) is 0 Å². The van der Waals surface area contributed by atoms with Crippen LogP contribution in [-0.2, 0) is 13.0 Å². The molecule has 1 heterocycles. The molecule has 3 rings (SSSR count). The number of aromatic nitrogens is 2. The maximum Gasteiger partial charge on any atom is 0.272 e. The van der Waals surface area contributed by atoms with Crippen LogP contribution in [0.25, 0.3) is 0 Å². The molecule has 1 amide bonds. The summed E-state index contributed by atoms with van der Waals surface area (Å²) in [5, 5.41) is 14.2. The topological polar surface area (TPSA) is 76.1 Å². The van der Waals surface area contributed by atoms with Gasteiger partial charge in [0.1, 0.15) is 11.6 Å². The van der Waals surface area contributed by atoms with Gasteiger partial charge in [0.25, 0.3) is 5.91 Å². The monoisotopic (exact) mass is 376 g/mol. The van der Waals surface area contributed by atoms with Crippen LogP contribution in [0.1, 0.15) is 27.2 Å². The van der Waals surface area contributed by atoms with E-state index in [0.29, 0.717) is 18.1 Å². The van der Waals surface area contributed by atoms with Crippen molar-refractivity contribution in [2.75, 3.05) is 19.0 Å². The molecular weight excluding hydrogens is 352 g/mol. The predicted octanol–water partition coefficient (Wildman–Crippen LogP) is 3.38. The number of amides is 1. The lowest BCUT2D eigenvalue weighted by atomic mass is 10.1. The Morgan fingerprint density at radius 3 is 2.50 bits per heavy atom. The van der Waals surface area contributed by atoms with Crippen LogP contribution in [0.5, 0.6) is 5.75 Å². The van der Waals surface area contributed by atoms with E-state index >= 15 is 0 Å². The summed E-state index contributed by atoms with van der Waals surface area (Å²) in [5.74, 6) is 1.25. The van der Waals surface area contributed by atoms with Crippen LogP contribution in [-0.4, -0.2) is 29.8 Å². The molecule has 0 spiro atoms. The Kier molecular flexibility index (Phi) is 6.57. The van der Waals surface area contributed by atoms with E-state index in [9.17, 15) is 4.79 Å². The average Bonchev–Trinajstić information content (AvgIpc) is 2.73. The molecule has 144 valence electrons. The van der Waals surface area contributed by atoms with Gasteiger partial charge in [-0.25, -0.2) is 0 Å². The number of anilines is 1. The first-order valence-corrected chi connectivity index (χ1v) is 9.18. The molecule has 0 aliphatic heterocycles. The fraction of sp³-hybridized carbons (Fsp3) is 0.227. The first-order valence-electron chi connectivity index (χ1n) is 9.18. The molecule has 28 heavy (non-hydrogen) atoms. The Morgan fingerprint density at radius 1 is 1.00 bits per heavy atom. The highest BCUT2D eigenvalue weighted by atomic mass is 16.5. The molecule has 2 N–H and O–H groups in total. The molecular formula is C22H24N4O2. The van der Waals surface area contributed by atoms with Crippen LogP contribution in [0, 0.1) is 6.92 Å². The first kappa shape index (κ1) is 19.4. The quantitative estimate of drug-likeness (QED) is 0.630. The summed E-state index contributed by atoms with van der Waals surface area (Å²) in [4.78, 5) is 12.2. The summed E-state index contributed by atoms with van der Waals surface area (Å²) in [7, 11) is 1.65. The standard InChI is InChI=1S/C22H24N4O2/c1-16-4-3-5-18(14-16)15-24-22(27)20-10-11-21(26-25-20)23-13-12-17-6-8-19(28-2)9-7-17/h3-11,14H,12-13,15H2,1-2H3,(H,23,26)(H,24,27). The SMILES string of the molecule is COc1ccc(CCNc2ccc(C(=O)NCc3cccc(C)c3)nn2)cc1. The Hall–Kier alpha value is -3.41. The molecule has 1 aromatic heterocycles. The Morgan fingerprint density at radius 2 is 1.82 bits per heavy atom. The van der Waals surface area contributed by atoms with E-state index < -0.39 is 0 Å². The van der Waals surface area contributed by atoms with Crippen molar-refractivity contribution in [2.45, 2.75) is 19.9 Å². The van der Waals surface area contributed by atoms with E-state index in [0.717, 1.165) is 29.8 Å². The van der Waals surface area contributed by atoms with Gasteiger partial charge in [-0.2, -0.15) is 0 Å². The van der Waals surface area contributed by atoms with Gasteiger partial charge >= 0.3 is 0 Å². The first-order chi connectivity index (χ1) is 13.6. The smallest absolute Gasteiger partial charge is 0.272 e. The Balaban J connectivity index is 1.46. The van der Waals surface area contributed by atoms with Crippen molar-refractivity contribution >= 4 is 11.7 Å². The number of hydrogen-bond donors (Lipinski definition) is 2. The summed E-state index contributed by atoms with van der Waals surface area (Å²) in [5.41, 5.74) is 3.72. The molecule has 0 unspecified atom stereocenters. The molecule has 0 fully saturated rings. The molecule has 6 nitrogen and oxygen atoms in total. The lowest BCUT2D eigenvalue weighted by Crippen LogP contribution is -2.24. The van der Waals surface area contributed by atoms with Gasteiger partial charge in [-0.15, -0.1) is 10.2 Å². The summed E-state index contributed by atoms with van der Waals surface area (Å²) in [6.07, 6.45) is 0.852. The van der Waals surface area contributed by atoms with Crippen molar-refractivity contribution < 1.29 is 9.53 Å². The van der Waals surface area contributed by atoms with E-state index in [4.69, 9.17) is 4.74 Å². The molecule has 0 saturated heterocycles. The highest BCUT2D eigenvalue weighted by Crippen LogP contribution is 2.12. The summed E-state index contributed by atoms with van der Waals surface area (Å²) >= 11 is 0. The lowest BCUT2D eigenvalue weighted by Gasteiger charge is -2.07. The summed E-state index contributed by atoms with van der Waals surface area (Å²) in [6, 6.07) is 19.4. The molecule has 6 heteroatoms. The van der Waals surface area contributed by atoms with Gasteiger partial charge in [-0.1, -0.05) is 42.0 Å². The molecule has 0 bridgehead atoms. The van der Waals surface area contributed by atoms with E-state index in [2.05, 4.69) is 20.8 Å². The van der Waals surface area contributed by atoms with Gasteiger partial charge in [0.2, 0.25) is 0 Å². The molecule has 0 atom stereocenters. The Labute approximate surface area is 165 Å². The van der Waals surface area contributed by atoms with Gasteiger partial charge < -0.3 is 15.4 Å². The van der Waals surface area contributed by atoms with Gasteiger partial charge in [0.05, 0.1) is 7.11 Å². The molecule has 3 aromatic rings. The number of aryl methyl sites for hydroxylation is 1. The Bertz CT molecular complexity index is 909. The zero-order valence-corrected chi connectivity index (χ0v) is 16.1. The molecule has 0 aliphatic rings. The maximum absolute atomic E-state index is 12.2. The largest absolute Gasteiger partial charge is 0.497 e. The maximum atomic E-state index is 12.2. The van der Waals surface area contributed by atoms with Crippen molar-refractivity contribution in [1.29, 1.82) is 0 Å².